The minimum absolute atomic E-state index is 0.00667. The molecule has 1 heterocycles. The molecule has 0 saturated heterocycles. The lowest BCUT2D eigenvalue weighted by Gasteiger charge is -2.32. The summed E-state index contributed by atoms with van der Waals surface area (Å²) in [5.41, 5.74) is 25.1. The quantitative estimate of drug-likeness (QED) is 0.0426. The van der Waals surface area contributed by atoms with Crippen LogP contribution in [0.2, 0.25) is 0 Å². The SMILES string of the molecule is [N-]=[N+]=NCc1ccccc1C[C@]1(C(=O)NNCc2ccccc2F)N=C(c2ccc(OCCCO)cc2)O[C@H]1c1ccccc1N=[N+]=[N-]. The van der Waals surface area contributed by atoms with E-state index < -0.39 is 23.4 Å². The van der Waals surface area contributed by atoms with Crippen LogP contribution in [-0.4, -0.2) is 35.7 Å². The number of aliphatic hydroxyl groups is 1. The number of nitrogens with zero attached hydrogens (tertiary/aromatic N) is 7. The van der Waals surface area contributed by atoms with Crippen molar-refractivity contribution in [2.75, 3.05) is 13.2 Å². The van der Waals surface area contributed by atoms with Crippen LogP contribution in [0.5, 0.6) is 5.75 Å². The zero-order valence-corrected chi connectivity index (χ0v) is 25.7. The molecule has 0 aromatic heterocycles. The standard InChI is InChI=1S/C34H32FN9O4/c35-29-12-5-3-10-26(29)22-38-42-33(46)34(20-24-8-1-2-9-25(24)21-39-43-36)31(28-11-4-6-13-30(28)41-44-37)48-32(40-34)23-14-16-27(17-15-23)47-19-7-18-45/h1-6,8-17,31,38,45H,7,18-22H2,(H,42,46)/t31-,34-/m0/s1. The molecular formula is C34H32FN9O4. The molecule has 13 nitrogen and oxygen atoms in total. The number of amides is 1. The Labute approximate surface area is 275 Å². The van der Waals surface area contributed by atoms with Crippen molar-refractivity contribution in [2.45, 2.75) is 37.6 Å². The van der Waals surface area contributed by atoms with E-state index in [1.54, 1.807) is 84.9 Å². The summed E-state index contributed by atoms with van der Waals surface area (Å²) in [6.07, 6.45) is -0.635. The minimum atomic E-state index is -1.71. The van der Waals surface area contributed by atoms with Gasteiger partial charge in [-0.15, -0.1) is 0 Å². The van der Waals surface area contributed by atoms with E-state index in [4.69, 9.17) is 25.1 Å². The number of benzene rings is 4. The molecule has 4 aromatic rings. The van der Waals surface area contributed by atoms with Gasteiger partial charge in [-0.1, -0.05) is 77.0 Å². The summed E-state index contributed by atoms with van der Waals surface area (Å²) >= 11 is 0. The monoisotopic (exact) mass is 649 g/mol. The number of hydrogen-bond acceptors (Lipinski definition) is 8. The Morgan fingerprint density at radius 3 is 2.40 bits per heavy atom. The van der Waals surface area contributed by atoms with Crippen molar-refractivity contribution >= 4 is 17.5 Å². The van der Waals surface area contributed by atoms with Gasteiger partial charge in [-0.3, -0.25) is 10.2 Å². The molecule has 244 valence electrons. The summed E-state index contributed by atoms with van der Waals surface area (Å²) in [6, 6.07) is 27.1. The van der Waals surface area contributed by atoms with E-state index in [0.717, 1.165) is 0 Å². The van der Waals surface area contributed by atoms with Gasteiger partial charge < -0.3 is 14.6 Å². The summed E-state index contributed by atoms with van der Waals surface area (Å²) in [7, 11) is 0. The average molecular weight is 650 g/mol. The maximum Gasteiger partial charge on any atom is 0.266 e. The van der Waals surface area contributed by atoms with E-state index in [-0.39, 0.29) is 37.7 Å². The number of azide groups is 2. The fourth-order valence-corrected chi connectivity index (χ4v) is 5.36. The largest absolute Gasteiger partial charge is 0.494 e. The predicted molar refractivity (Wildman–Crippen MR) is 176 cm³/mol. The number of rotatable bonds is 15. The lowest BCUT2D eigenvalue weighted by atomic mass is 9.80. The molecule has 0 spiro atoms. The zero-order chi connectivity index (χ0) is 33.8. The molecule has 48 heavy (non-hydrogen) atoms. The Morgan fingerprint density at radius 2 is 1.67 bits per heavy atom. The molecule has 0 saturated carbocycles. The summed E-state index contributed by atoms with van der Waals surface area (Å²) in [5.74, 6) is -0.314. The number of carbonyl (C=O) groups excluding carboxylic acids is 1. The second-order valence-electron chi connectivity index (χ2n) is 10.8. The van der Waals surface area contributed by atoms with E-state index in [1.165, 1.54) is 6.07 Å². The van der Waals surface area contributed by atoms with E-state index in [9.17, 15) is 14.7 Å². The normalized spacial score (nSPS) is 16.5. The number of hydrazine groups is 1. The van der Waals surface area contributed by atoms with E-state index >= 15 is 0 Å². The number of halogens is 1. The second-order valence-corrected chi connectivity index (χ2v) is 10.8. The highest BCUT2D eigenvalue weighted by atomic mass is 19.1. The molecule has 3 N–H and O–H groups in total. The highest BCUT2D eigenvalue weighted by Gasteiger charge is 2.54. The summed E-state index contributed by atoms with van der Waals surface area (Å²) in [6.45, 7) is 0.360. The van der Waals surface area contributed by atoms with Crippen LogP contribution in [0.25, 0.3) is 20.9 Å². The van der Waals surface area contributed by atoms with Gasteiger partial charge in [-0.05, 0) is 52.5 Å². The van der Waals surface area contributed by atoms with Gasteiger partial charge in [0.05, 0.1) is 13.2 Å². The van der Waals surface area contributed by atoms with Crippen molar-refractivity contribution in [3.8, 4) is 5.75 Å². The molecule has 1 aliphatic rings. The van der Waals surface area contributed by atoms with Crippen LogP contribution in [0.3, 0.4) is 0 Å². The molecule has 0 unspecified atom stereocenters. The maximum absolute atomic E-state index is 14.5. The molecule has 2 atom stereocenters. The van der Waals surface area contributed by atoms with Gasteiger partial charge in [0.1, 0.15) is 11.6 Å². The van der Waals surface area contributed by atoms with E-state index in [1.807, 2.05) is 6.07 Å². The Hall–Kier alpha value is -5.91. The fourth-order valence-electron chi connectivity index (χ4n) is 5.36. The fraction of sp³-hybridized carbons (Fsp3) is 0.235. The van der Waals surface area contributed by atoms with Gasteiger partial charge in [-0.2, -0.15) is 0 Å². The van der Waals surface area contributed by atoms with Gasteiger partial charge in [0, 0.05) is 58.2 Å². The third kappa shape index (κ3) is 7.72. The average Bonchev–Trinajstić information content (AvgIpc) is 3.49. The minimum Gasteiger partial charge on any atom is -0.494 e. The molecule has 1 aliphatic heterocycles. The van der Waals surface area contributed by atoms with E-state index in [0.29, 0.717) is 46.6 Å². The van der Waals surface area contributed by atoms with Gasteiger partial charge in [0.25, 0.3) is 5.91 Å². The van der Waals surface area contributed by atoms with Crippen molar-refractivity contribution in [2.24, 2.45) is 15.2 Å². The van der Waals surface area contributed by atoms with Crippen LogP contribution in [0.1, 0.15) is 40.3 Å². The molecule has 0 bridgehead atoms. The molecule has 0 fully saturated rings. The zero-order valence-electron chi connectivity index (χ0n) is 25.7. The first-order chi connectivity index (χ1) is 23.5. The lowest BCUT2D eigenvalue weighted by molar-refractivity contribution is -0.130. The highest BCUT2D eigenvalue weighted by Crippen LogP contribution is 2.45. The Kier molecular flexibility index (Phi) is 11.2. The van der Waals surface area contributed by atoms with Gasteiger partial charge in [0.2, 0.25) is 5.90 Å². The number of carbonyl (C=O) groups is 1. The number of aliphatic hydroxyl groups excluding tert-OH is 1. The predicted octanol–water partition coefficient (Wildman–Crippen LogP) is 6.66. The van der Waals surface area contributed by atoms with Gasteiger partial charge in [0.15, 0.2) is 11.6 Å². The Bertz CT molecular complexity index is 1870. The Balaban J connectivity index is 1.61. The first-order valence-electron chi connectivity index (χ1n) is 15.1. The van der Waals surface area contributed by atoms with Crippen molar-refractivity contribution in [1.82, 2.24) is 10.9 Å². The summed E-state index contributed by atoms with van der Waals surface area (Å²) in [5, 5.41) is 16.7. The first-order valence-corrected chi connectivity index (χ1v) is 15.1. The first kappa shape index (κ1) is 33.5. The second kappa shape index (κ2) is 16.1. The Morgan fingerprint density at radius 1 is 0.958 bits per heavy atom. The smallest absolute Gasteiger partial charge is 0.266 e. The van der Waals surface area contributed by atoms with Crippen LogP contribution in [0.4, 0.5) is 10.1 Å². The topological polar surface area (TPSA) is 190 Å². The summed E-state index contributed by atoms with van der Waals surface area (Å²) in [4.78, 5) is 25.4. The molecule has 0 aliphatic carbocycles. The van der Waals surface area contributed by atoms with Gasteiger partial charge >= 0.3 is 0 Å². The molecule has 14 heteroatoms. The molecule has 1 amide bonds. The molecule has 4 aromatic carbocycles. The van der Waals surface area contributed by atoms with Crippen molar-refractivity contribution in [3.63, 3.8) is 0 Å². The highest BCUT2D eigenvalue weighted by molar-refractivity contribution is 6.01. The van der Waals surface area contributed by atoms with Crippen LogP contribution in [0.15, 0.2) is 112 Å². The molecular weight excluding hydrogens is 617 g/mol. The summed E-state index contributed by atoms with van der Waals surface area (Å²) < 4.78 is 26.6. The van der Waals surface area contributed by atoms with Crippen LogP contribution >= 0.6 is 0 Å². The number of ether oxygens (including phenoxy) is 2. The number of nitrogens with one attached hydrogen (secondary N) is 2. The van der Waals surface area contributed by atoms with Crippen molar-refractivity contribution in [3.05, 3.63) is 152 Å². The number of aliphatic imine (C=N–C) groups is 1. The third-order valence-electron chi connectivity index (χ3n) is 7.72. The number of hydrogen-bond donors (Lipinski definition) is 3. The van der Waals surface area contributed by atoms with Crippen LogP contribution in [0, 0.1) is 5.82 Å². The molecule has 0 radical (unpaired) electrons. The van der Waals surface area contributed by atoms with Crippen molar-refractivity contribution in [1.29, 1.82) is 0 Å². The van der Waals surface area contributed by atoms with Crippen LogP contribution < -0.4 is 15.6 Å². The third-order valence-corrected chi connectivity index (χ3v) is 7.72. The van der Waals surface area contributed by atoms with Gasteiger partial charge in [-0.25, -0.2) is 14.8 Å². The lowest BCUT2D eigenvalue weighted by Crippen LogP contribution is -2.53. The molecule has 5 rings (SSSR count). The maximum atomic E-state index is 14.5. The van der Waals surface area contributed by atoms with Crippen LogP contribution in [-0.2, 0) is 29.0 Å². The van der Waals surface area contributed by atoms with E-state index in [2.05, 4.69) is 30.9 Å². The van der Waals surface area contributed by atoms with Crippen molar-refractivity contribution < 1.29 is 23.8 Å².